The van der Waals surface area contributed by atoms with Crippen LogP contribution >= 0.6 is 0 Å². The molecule has 4 aliphatic rings. The number of nitrogens with zero attached hydrogens (tertiary/aromatic N) is 2. The third-order valence-electron chi connectivity index (χ3n) is 9.17. The Bertz CT molecular complexity index is 741. The molecule has 140 valence electrons. The van der Waals surface area contributed by atoms with Gasteiger partial charge in [0.05, 0.1) is 6.33 Å². The van der Waals surface area contributed by atoms with Crippen molar-refractivity contribution >= 4 is 11.6 Å². The highest BCUT2D eigenvalue weighted by atomic mass is 16.1. The molecule has 0 amide bonds. The summed E-state index contributed by atoms with van der Waals surface area (Å²) in [6, 6.07) is 0.227. The molecule has 1 aromatic heterocycles. The molecule has 0 aromatic carbocycles. The monoisotopic (exact) mass is 354 g/mol. The van der Waals surface area contributed by atoms with Crippen molar-refractivity contribution in [1.29, 1.82) is 0 Å². The zero-order chi connectivity index (χ0) is 18.1. The van der Waals surface area contributed by atoms with Crippen molar-refractivity contribution in [3.8, 4) is 0 Å². The number of Topliss-reactive ketones (excluding diaryl/α,β-unsaturated/α-hetero) is 2. The van der Waals surface area contributed by atoms with Crippen LogP contribution in [-0.2, 0) is 9.59 Å². The summed E-state index contributed by atoms with van der Waals surface area (Å²) in [6.45, 7) is 4.71. The quantitative estimate of drug-likeness (QED) is 0.759. The molecule has 5 rings (SSSR count). The van der Waals surface area contributed by atoms with E-state index < -0.39 is 0 Å². The van der Waals surface area contributed by atoms with Crippen molar-refractivity contribution in [2.24, 2.45) is 34.5 Å². The first-order valence-electron chi connectivity index (χ1n) is 10.5. The molecule has 7 atom stereocenters. The predicted octanol–water partition coefficient (Wildman–Crippen LogP) is 4.22. The maximum Gasteiger partial charge on any atom is 0.139 e. The maximum absolute atomic E-state index is 12.6. The number of fused-ring (bicyclic) bond motifs is 5. The summed E-state index contributed by atoms with van der Waals surface area (Å²) in [5.74, 6) is 3.26. The summed E-state index contributed by atoms with van der Waals surface area (Å²) in [5, 5.41) is 0. The van der Waals surface area contributed by atoms with Gasteiger partial charge in [-0.1, -0.05) is 13.8 Å². The highest BCUT2D eigenvalue weighted by molar-refractivity contribution is 5.87. The number of rotatable bonds is 1. The van der Waals surface area contributed by atoms with E-state index in [0.29, 0.717) is 41.7 Å². The molecule has 0 saturated heterocycles. The van der Waals surface area contributed by atoms with Gasteiger partial charge in [-0.3, -0.25) is 9.59 Å². The molecule has 0 bridgehead atoms. The lowest BCUT2D eigenvalue weighted by Gasteiger charge is -2.61. The van der Waals surface area contributed by atoms with Gasteiger partial charge in [0.2, 0.25) is 0 Å². The fraction of sp³-hybridized carbons (Fsp3) is 0.773. The Labute approximate surface area is 155 Å². The lowest BCUT2D eigenvalue weighted by molar-refractivity contribution is -0.153. The van der Waals surface area contributed by atoms with E-state index in [0.717, 1.165) is 38.5 Å². The Kier molecular flexibility index (Phi) is 3.55. The van der Waals surface area contributed by atoms with Gasteiger partial charge in [0, 0.05) is 43.1 Å². The molecule has 1 unspecified atom stereocenters. The van der Waals surface area contributed by atoms with E-state index in [4.69, 9.17) is 0 Å². The smallest absolute Gasteiger partial charge is 0.139 e. The van der Waals surface area contributed by atoms with Crippen LogP contribution in [0.1, 0.15) is 71.3 Å². The van der Waals surface area contributed by atoms with Crippen LogP contribution in [0.5, 0.6) is 0 Å². The van der Waals surface area contributed by atoms with Gasteiger partial charge in [-0.05, 0) is 61.2 Å². The summed E-state index contributed by atoms with van der Waals surface area (Å²) in [4.78, 5) is 29.4. The van der Waals surface area contributed by atoms with Crippen LogP contribution in [0.4, 0.5) is 0 Å². The van der Waals surface area contributed by atoms with Crippen LogP contribution in [0.25, 0.3) is 0 Å². The standard InChI is InChI=1S/C22H30N2O2/c1-21-8-7-18-16(17(21)5-6-20(21)26)4-3-14-11-15(25)12-19(22(14,18)2)24-10-9-23-13-24/h9-10,13-14,16-19H,3-8,11-12H2,1-2H3/t14-,16-,17-,18-,19?,21-,22-/m0/s1. The Hall–Kier alpha value is -1.45. The van der Waals surface area contributed by atoms with Gasteiger partial charge in [-0.25, -0.2) is 4.98 Å². The van der Waals surface area contributed by atoms with Gasteiger partial charge < -0.3 is 4.57 Å². The molecular formula is C22H30N2O2. The molecule has 0 N–H and O–H groups in total. The number of carbonyl (C=O) groups is 2. The SMILES string of the molecule is C[C@]12C(n3ccnc3)CC(=O)C[C@@H]1CC[C@@H]1[C@@H]2CC[C@]2(C)C(=O)CC[C@@H]12. The molecule has 0 aliphatic heterocycles. The molecule has 0 spiro atoms. The van der Waals surface area contributed by atoms with E-state index in [2.05, 4.69) is 23.4 Å². The molecule has 4 fully saturated rings. The fourth-order valence-electron chi connectivity index (χ4n) is 7.76. The maximum atomic E-state index is 12.6. The van der Waals surface area contributed by atoms with Gasteiger partial charge in [0.15, 0.2) is 0 Å². The summed E-state index contributed by atoms with van der Waals surface area (Å²) in [7, 11) is 0. The molecule has 4 nitrogen and oxygen atoms in total. The number of carbonyl (C=O) groups excluding carboxylic acids is 2. The van der Waals surface area contributed by atoms with E-state index in [1.807, 2.05) is 18.7 Å². The third-order valence-corrected chi connectivity index (χ3v) is 9.17. The first-order valence-corrected chi connectivity index (χ1v) is 10.5. The van der Waals surface area contributed by atoms with Gasteiger partial charge in [0.25, 0.3) is 0 Å². The average molecular weight is 354 g/mol. The first-order chi connectivity index (χ1) is 12.4. The van der Waals surface area contributed by atoms with Crippen molar-refractivity contribution in [2.75, 3.05) is 0 Å². The molecule has 4 heteroatoms. The van der Waals surface area contributed by atoms with Crippen molar-refractivity contribution in [3.05, 3.63) is 18.7 Å². The number of aromatic nitrogens is 2. The van der Waals surface area contributed by atoms with E-state index in [1.54, 1.807) is 0 Å². The van der Waals surface area contributed by atoms with Crippen molar-refractivity contribution < 1.29 is 9.59 Å². The van der Waals surface area contributed by atoms with Gasteiger partial charge in [-0.15, -0.1) is 0 Å². The van der Waals surface area contributed by atoms with Crippen LogP contribution in [0.15, 0.2) is 18.7 Å². The lowest BCUT2D eigenvalue weighted by atomic mass is 9.44. The Balaban J connectivity index is 1.55. The zero-order valence-electron chi connectivity index (χ0n) is 16.0. The van der Waals surface area contributed by atoms with Crippen LogP contribution in [0.2, 0.25) is 0 Å². The minimum Gasteiger partial charge on any atom is -0.333 e. The second kappa shape index (κ2) is 5.53. The van der Waals surface area contributed by atoms with Crippen molar-refractivity contribution in [3.63, 3.8) is 0 Å². The van der Waals surface area contributed by atoms with E-state index in [-0.39, 0.29) is 16.9 Å². The van der Waals surface area contributed by atoms with Crippen molar-refractivity contribution in [1.82, 2.24) is 9.55 Å². The molecule has 1 aromatic rings. The van der Waals surface area contributed by atoms with Crippen molar-refractivity contribution in [2.45, 2.75) is 71.3 Å². The highest BCUT2D eigenvalue weighted by Crippen LogP contribution is 2.67. The van der Waals surface area contributed by atoms with E-state index >= 15 is 0 Å². The average Bonchev–Trinajstić information content (AvgIpc) is 3.24. The second-order valence-electron chi connectivity index (χ2n) is 9.91. The third kappa shape index (κ3) is 2.05. The number of imidazole rings is 1. The van der Waals surface area contributed by atoms with Gasteiger partial charge in [0.1, 0.15) is 11.6 Å². The summed E-state index contributed by atoms with van der Waals surface area (Å²) in [5.41, 5.74) is 0.0733. The zero-order valence-corrected chi connectivity index (χ0v) is 16.0. The number of hydrogen-bond donors (Lipinski definition) is 0. The van der Waals surface area contributed by atoms with E-state index in [1.165, 1.54) is 6.42 Å². The highest BCUT2D eigenvalue weighted by Gasteiger charge is 2.62. The largest absolute Gasteiger partial charge is 0.333 e. The summed E-state index contributed by atoms with van der Waals surface area (Å²) < 4.78 is 2.21. The van der Waals surface area contributed by atoms with Crippen LogP contribution in [0.3, 0.4) is 0 Å². The second-order valence-corrected chi connectivity index (χ2v) is 9.91. The predicted molar refractivity (Wildman–Crippen MR) is 98.4 cm³/mol. The number of ketones is 2. The normalized spacial score (nSPS) is 48.0. The Morgan fingerprint density at radius 2 is 1.92 bits per heavy atom. The fourth-order valence-corrected chi connectivity index (χ4v) is 7.76. The summed E-state index contributed by atoms with van der Waals surface area (Å²) in [6.07, 6.45) is 13.6. The topological polar surface area (TPSA) is 52.0 Å². The van der Waals surface area contributed by atoms with Gasteiger partial charge >= 0.3 is 0 Å². The molecule has 26 heavy (non-hydrogen) atoms. The van der Waals surface area contributed by atoms with Gasteiger partial charge in [-0.2, -0.15) is 0 Å². The van der Waals surface area contributed by atoms with E-state index in [9.17, 15) is 9.59 Å². The van der Waals surface area contributed by atoms with Crippen LogP contribution in [-0.4, -0.2) is 21.1 Å². The Morgan fingerprint density at radius 1 is 1.08 bits per heavy atom. The minimum absolute atomic E-state index is 0.0701. The van der Waals surface area contributed by atoms with Crippen LogP contribution < -0.4 is 0 Å². The lowest BCUT2D eigenvalue weighted by Crippen LogP contribution is -2.57. The molecule has 1 heterocycles. The summed E-state index contributed by atoms with van der Waals surface area (Å²) >= 11 is 0. The molecular weight excluding hydrogens is 324 g/mol. The molecule has 4 aliphatic carbocycles. The van der Waals surface area contributed by atoms with Crippen LogP contribution in [0, 0.1) is 34.5 Å². The minimum atomic E-state index is -0.0701. The number of hydrogen-bond acceptors (Lipinski definition) is 3. The Morgan fingerprint density at radius 3 is 2.69 bits per heavy atom. The molecule has 0 radical (unpaired) electrons. The molecule has 4 saturated carbocycles. The first kappa shape index (κ1) is 16.7.